The van der Waals surface area contributed by atoms with Crippen LogP contribution in [0.1, 0.15) is 28.9 Å². The van der Waals surface area contributed by atoms with Gasteiger partial charge in [0.25, 0.3) is 5.22 Å². The summed E-state index contributed by atoms with van der Waals surface area (Å²) in [5.41, 5.74) is 7.24. The number of nitrogens with zero attached hydrogens (tertiary/aromatic N) is 4. The Bertz CT molecular complexity index is 1320. The Morgan fingerprint density at radius 3 is 2.64 bits per heavy atom. The van der Waals surface area contributed by atoms with Crippen LogP contribution in [0.3, 0.4) is 0 Å². The normalized spacial score (nSPS) is 11.0. The minimum atomic E-state index is -0.528. The number of carbonyl (C=O) groups excluding carboxylic acids is 1. The van der Waals surface area contributed by atoms with E-state index in [9.17, 15) is 4.79 Å². The largest absolute Gasteiger partial charge is 0.493 e. The van der Waals surface area contributed by atoms with Crippen LogP contribution in [0.4, 0.5) is 5.82 Å². The predicted octanol–water partition coefficient (Wildman–Crippen LogP) is 3.65. The number of aromatic nitrogens is 4. The zero-order valence-electron chi connectivity index (χ0n) is 18.4. The predicted molar refractivity (Wildman–Crippen MR) is 119 cm³/mol. The van der Waals surface area contributed by atoms with Crippen LogP contribution in [0.2, 0.25) is 0 Å². The molecule has 0 bridgehead atoms. The van der Waals surface area contributed by atoms with E-state index in [1.54, 1.807) is 46.3 Å². The van der Waals surface area contributed by atoms with Crippen molar-refractivity contribution in [1.29, 1.82) is 0 Å². The van der Waals surface area contributed by atoms with Crippen LogP contribution in [0, 0.1) is 6.92 Å². The van der Waals surface area contributed by atoms with E-state index in [-0.39, 0.29) is 23.7 Å². The van der Waals surface area contributed by atoms with Crippen LogP contribution in [0.15, 0.2) is 32.3 Å². The number of rotatable bonds is 8. The Balaban J connectivity index is 1.53. The quantitative estimate of drug-likeness (QED) is 0.295. The standard InChI is InChI=1S/C21H21N5O6S/c1-5-30-20(27)15-10(2)31-19-16(15)17(22)23-14(24-19)9-33-21-26-25-18(32-21)11-6-7-12(28-3)13(8-11)29-4/h6-8H,5,9H2,1-4H3,(H2,22,23,24). The highest BCUT2D eigenvalue weighted by molar-refractivity contribution is 7.98. The van der Waals surface area contributed by atoms with Gasteiger partial charge in [0.05, 0.1) is 32.0 Å². The first-order valence-electron chi connectivity index (χ1n) is 9.86. The van der Waals surface area contributed by atoms with Gasteiger partial charge in [0, 0.05) is 5.56 Å². The van der Waals surface area contributed by atoms with Crippen molar-refractivity contribution >= 4 is 34.6 Å². The average molecular weight is 471 g/mol. The fourth-order valence-corrected chi connectivity index (χ4v) is 3.80. The molecular weight excluding hydrogens is 450 g/mol. The summed E-state index contributed by atoms with van der Waals surface area (Å²) in [6, 6.07) is 5.30. The number of esters is 1. The molecule has 3 heterocycles. The lowest BCUT2D eigenvalue weighted by molar-refractivity contribution is 0.0526. The Labute approximate surface area is 192 Å². The number of anilines is 1. The summed E-state index contributed by atoms with van der Waals surface area (Å²) in [6.45, 7) is 3.60. The molecule has 2 N–H and O–H groups in total. The molecule has 0 aliphatic rings. The topological polar surface area (TPSA) is 149 Å². The average Bonchev–Trinajstić information content (AvgIpc) is 3.41. The van der Waals surface area contributed by atoms with E-state index in [1.165, 1.54) is 11.8 Å². The number of ether oxygens (including phenoxy) is 3. The summed E-state index contributed by atoms with van der Waals surface area (Å²) in [5, 5.41) is 8.80. The van der Waals surface area contributed by atoms with Crippen LogP contribution >= 0.6 is 11.8 Å². The molecule has 0 atom stereocenters. The van der Waals surface area contributed by atoms with Gasteiger partial charge in [-0.3, -0.25) is 0 Å². The minimum Gasteiger partial charge on any atom is -0.493 e. The fraction of sp³-hybridized carbons (Fsp3) is 0.286. The molecule has 11 nitrogen and oxygen atoms in total. The number of benzene rings is 1. The van der Waals surface area contributed by atoms with E-state index < -0.39 is 5.97 Å². The third-order valence-corrected chi connectivity index (χ3v) is 5.46. The number of nitrogen functional groups attached to an aromatic ring is 1. The molecule has 33 heavy (non-hydrogen) atoms. The number of hydrogen-bond acceptors (Lipinski definition) is 12. The maximum absolute atomic E-state index is 12.2. The number of methoxy groups -OCH3 is 2. The summed E-state index contributed by atoms with van der Waals surface area (Å²) in [5.74, 6) is 2.13. The van der Waals surface area contributed by atoms with Gasteiger partial charge in [0.1, 0.15) is 23.0 Å². The smallest absolute Gasteiger partial charge is 0.342 e. The van der Waals surface area contributed by atoms with Crippen LogP contribution < -0.4 is 15.2 Å². The molecule has 12 heteroatoms. The molecule has 0 amide bonds. The van der Waals surface area contributed by atoms with Crippen LogP contribution in [0.5, 0.6) is 11.5 Å². The minimum absolute atomic E-state index is 0.132. The molecule has 0 spiro atoms. The van der Waals surface area contributed by atoms with Gasteiger partial charge in [-0.2, -0.15) is 4.98 Å². The second kappa shape index (κ2) is 9.36. The van der Waals surface area contributed by atoms with Crippen molar-refractivity contribution in [2.75, 3.05) is 26.6 Å². The number of fused-ring (bicyclic) bond motifs is 1. The Kier molecular flexibility index (Phi) is 6.36. The van der Waals surface area contributed by atoms with Gasteiger partial charge < -0.3 is 28.8 Å². The highest BCUT2D eigenvalue weighted by atomic mass is 32.2. The van der Waals surface area contributed by atoms with Crippen LogP contribution in [0.25, 0.3) is 22.6 Å². The first-order chi connectivity index (χ1) is 15.9. The van der Waals surface area contributed by atoms with Crippen molar-refractivity contribution in [1.82, 2.24) is 20.2 Å². The number of thioether (sulfide) groups is 1. The van der Waals surface area contributed by atoms with Crippen molar-refractivity contribution in [3.05, 3.63) is 35.3 Å². The fourth-order valence-electron chi connectivity index (χ4n) is 3.18. The van der Waals surface area contributed by atoms with E-state index in [4.69, 9.17) is 28.8 Å². The number of nitrogens with two attached hydrogens (primary N) is 1. The monoisotopic (exact) mass is 471 g/mol. The van der Waals surface area contributed by atoms with Gasteiger partial charge in [0.2, 0.25) is 11.6 Å². The second-order valence-corrected chi connectivity index (χ2v) is 7.62. The lowest BCUT2D eigenvalue weighted by atomic mass is 10.2. The maximum Gasteiger partial charge on any atom is 0.342 e. The van der Waals surface area contributed by atoms with Crippen molar-refractivity contribution in [2.45, 2.75) is 24.8 Å². The van der Waals surface area contributed by atoms with Gasteiger partial charge in [-0.15, -0.1) is 10.2 Å². The van der Waals surface area contributed by atoms with Crippen molar-refractivity contribution < 1.29 is 27.8 Å². The van der Waals surface area contributed by atoms with Crippen molar-refractivity contribution in [2.24, 2.45) is 0 Å². The van der Waals surface area contributed by atoms with E-state index in [0.717, 1.165) is 0 Å². The lowest BCUT2D eigenvalue weighted by Gasteiger charge is -2.07. The molecule has 1 aromatic carbocycles. The highest BCUT2D eigenvalue weighted by Crippen LogP contribution is 2.34. The molecule has 0 unspecified atom stereocenters. The molecule has 172 valence electrons. The van der Waals surface area contributed by atoms with Crippen LogP contribution in [-0.4, -0.2) is 47.0 Å². The zero-order valence-corrected chi connectivity index (χ0v) is 19.2. The van der Waals surface area contributed by atoms with Gasteiger partial charge in [-0.25, -0.2) is 9.78 Å². The molecule has 0 fully saturated rings. The summed E-state index contributed by atoms with van der Waals surface area (Å²) >= 11 is 1.24. The molecule has 3 aromatic heterocycles. The van der Waals surface area contributed by atoms with Gasteiger partial charge >= 0.3 is 5.97 Å². The third-order valence-electron chi connectivity index (χ3n) is 4.64. The molecule has 0 aliphatic heterocycles. The van der Waals surface area contributed by atoms with E-state index in [1.807, 2.05) is 0 Å². The van der Waals surface area contributed by atoms with Gasteiger partial charge in [0.15, 0.2) is 11.5 Å². The summed E-state index contributed by atoms with van der Waals surface area (Å²) < 4.78 is 27.0. The first-order valence-corrected chi connectivity index (χ1v) is 10.8. The summed E-state index contributed by atoms with van der Waals surface area (Å²) in [6.07, 6.45) is 0. The number of aryl methyl sites for hydroxylation is 1. The van der Waals surface area contributed by atoms with Crippen LogP contribution in [-0.2, 0) is 10.5 Å². The Morgan fingerprint density at radius 1 is 1.12 bits per heavy atom. The lowest BCUT2D eigenvalue weighted by Crippen LogP contribution is -2.07. The molecule has 4 rings (SSSR count). The molecule has 0 radical (unpaired) electrons. The third kappa shape index (κ3) is 4.42. The SMILES string of the molecule is CCOC(=O)c1c(C)oc2nc(CSc3nnc(-c4ccc(OC)c(OC)c4)o3)nc(N)c12. The summed E-state index contributed by atoms with van der Waals surface area (Å²) in [4.78, 5) is 20.9. The summed E-state index contributed by atoms with van der Waals surface area (Å²) in [7, 11) is 3.11. The maximum atomic E-state index is 12.2. The molecule has 0 saturated heterocycles. The number of carbonyl (C=O) groups is 1. The zero-order chi connectivity index (χ0) is 23.5. The second-order valence-electron chi connectivity index (χ2n) is 6.69. The highest BCUT2D eigenvalue weighted by Gasteiger charge is 2.24. The van der Waals surface area contributed by atoms with Crippen molar-refractivity contribution in [3.63, 3.8) is 0 Å². The number of hydrogen-bond donors (Lipinski definition) is 1. The van der Waals surface area contributed by atoms with Gasteiger partial charge in [-0.05, 0) is 32.0 Å². The molecular formula is C21H21N5O6S. The Hall–Kier alpha value is -3.80. The Morgan fingerprint density at radius 2 is 1.91 bits per heavy atom. The van der Waals surface area contributed by atoms with Gasteiger partial charge in [-0.1, -0.05) is 11.8 Å². The van der Waals surface area contributed by atoms with E-state index in [0.29, 0.717) is 50.9 Å². The molecule has 0 saturated carbocycles. The molecule has 0 aliphatic carbocycles. The number of furan rings is 1. The molecule has 4 aromatic rings. The van der Waals surface area contributed by atoms with Crippen molar-refractivity contribution in [3.8, 4) is 23.0 Å². The first kappa shape index (κ1) is 22.4. The van der Waals surface area contributed by atoms with E-state index in [2.05, 4.69) is 20.2 Å². The van der Waals surface area contributed by atoms with E-state index >= 15 is 0 Å².